The highest BCUT2D eigenvalue weighted by Crippen LogP contribution is 2.24. The van der Waals surface area contributed by atoms with E-state index in [2.05, 4.69) is 0 Å². The predicted octanol–water partition coefficient (Wildman–Crippen LogP) is 1.26. The van der Waals surface area contributed by atoms with Crippen LogP contribution >= 0.6 is 0 Å². The zero-order valence-electron chi connectivity index (χ0n) is 9.15. The van der Waals surface area contributed by atoms with Crippen molar-refractivity contribution in [2.45, 2.75) is 38.5 Å². The second-order valence-electron chi connectivity index (χ2n) is 4.30. The molecule has 0 radical (unpaired) electrons. The summed E-state index contributed by atoms with van der Waals surface area (Å²) in [7, 11) is -3.28. The predicted molar refractivity (Wildman–Crippen MR) is 60.0 cm³/mol. The number of hydrogen-bond acceptors (Lipinski definition) is 3. The van der Waals surface area contributed by atoms with Gasteiger partial charge in [-0.25, -0.2) is 13.6 Å². The monoisotopic (exact) mass is 235 g/mol. The van der Waals surface area contributed by atoms with Crippen LogP contribution in [0.1, 0.15) is 38.5 Å². The molecule has 1 fully saturated rings. The van der Waals surface area contributed by atoms with E-state index >= 15 is 0 Å². The van der Waals surface area contributed by atoms with Crippen molar-refractivity contribution in [3.05, 3.63) is 0 Å². The zero-order chi connectivity index (χ0) is 11.1. The van der Waals surface area contributed by atoms with Crippen molar-refractivity contribution in [2.24, 2.45) is 11.1 Å². The van der Waals surface area contributed by atoms with Gasteiger partial charge in [0.2, 0.25) is 10.0 Å². The molecule has 0 saturated heterocycles. The Morgan fingerprint density at radius 1 is 1.20 bits per heavy atom. The summed E-state index contributed by atoms with van der Waals surface area (Å²) in [6, 6.07) is 0. The quantitative estimate of drug-likeness (QED) is 0.675. The van der Waals surface area contributed by atoms with Crippen LogP contribution in [0.3, 0.4) is 0 Å². The van der Waals surface area contributed by atoms with Crippen LogP contribution in [0.5, 0.6) is 0 Å². The van der Waals surface area contributed by atoms with E-state index in [9.17, 15) is 8.42 Å². The third-order valence-corrected chi connectivity index (χ3v) is 3.65. The second-order valence-corrected chi connectivity index (χ2v) is 6.03. The van der Waals surface area contributed by atoms with Gasteiger partial charge in [0, 0.05) is 13.2 Å². The number of unbranched alkanes of at least 4 members (excludes halogenated alkanes) is 1. The maximum absolute atomic E-state index is 10.6. The summed E-state index contributed by atoms with van der Waals surface area (Å²) < 4.78 is 26.7. The zero-order valence-corrected chi connectivity index (χ0v) is 9.97. The maximum Gasteiger partial charge on any atom is 0.209 e. The summed E-state index contributed by atoms with van der Waals surface area (Å²) in [4.78, 5) is 0. The number of ether oxygens (including phenoxy) is 1. The third kappa shape index (κ3) is 6.87. The van der Waals surface area contributed by atoms with E-state index in [1.54, 1.807) is 0 Å². The van der Waals surface area contributed by atoms with Crippen LogP contribution in [0.4, 0.5) is 0 Å². The van der Waals surface area contributed by atoms with Gasteiger partial charge in [0.1, 0.15) is 0 Å². The fourth-order valence-electron chi connectivity index (χ4n) is 1.93. The molecular formula is C10H21NO3S. The van der Waals surface area contributed by atoms with E-state index in [0.717, 1.165) is 18.9 Å². The molecule has 0 aromatic heterocycles. The summed E-state index contributed by atoms with van der Waals surface area (Å²) >= 11 is 0. The fourth-order valence-corrected chi connectivity index (χ4v) is 2.54. The molecule has 1 aliphatic carbocycles. The van der Waals surface area contributed by atoms with Gasteiger partial charge in [-0.15, -0.1) is 0 Å². The highest BCUT2D eigenvalue weighted by molar-refractivity contribution is 7.89. The molecule has 0 heterocycles. The van der Waals surface area contributed by atoms with Crippen molar-refractivity contribution in [3.63, 3.8) is 0 Å². The van der Waals surface area contributed by atoms with Crippen molar-refractivity contribution in [1.29, 1.82) is 0 Å². The van der Waals surface area contributed by atoms with Crippen molar-refractivity contribution < 1.29 is 13.2 Å². The van der Waals surface area contributed by atoms with Gasteiger partial charge in [-0.2, -0.15) is 0 Å². The lowest BCUT2D eigenvalue weighted by Crippen LogP contribution is -2.16. The first-order chi connectivity index (χ1) is 7.08. The molecule has 2 N–H and O–H groups in total. The van der Waals surface area contributed by atoms with E-state index < -0.39 is 10.0 Å². The first kappa shape index (κ1) is 12.9. The number of rotatable bonds is 7. The molecule has 1 aliphatic rings. The SMILES string of the molecule is NS(=O)(=O)CCCCOCC1CCCC1. The van der Waals surface area contributed by atoms with Crippen LogP contribution < -0.4 is 5.14 Å². The van der Waals surface area contributed by atoms with Crippen LogP contribution in [0, 0.1) is 5.92 Å². The molecule has 0 unspecified atom stereocenters. The van der Waals surface area contributed by atoms with Gasteiger partial charge in [-0.1, -0.05) is 12.8 Å². The van der Waals surface area contributed by atoms with Crippen LogP contribution in [0.25, 0.3) is 0 Å². The summed E-state index contributed by atoms with van der Waals surface area (Å²) in [6.45, 7) is 1.50. The van der Waals surface area contributed by atoms with E-state index in [-0.39, 0.29) is 5.75 Å². The Kier molecular flexibility index (Phi) is 5.56. The van der Waals surface area contributed by atoms with E-state index in [1.807, 2.05) is 0 Å². The van der Waals surface area contributed by atoms with Crippen LogP contribution in [-0.2, 0) is 14.8 Å². The Morgan fingerprint density at radius 2 is 1.87 bits per heavy atom. The van der Waals surface area contributed by atoms with Crippen molar-refractivity contribution in [1.82, 2.24) is 0 Å². The Bertz CT molecular complexity index is 258. The van der Waals surface area contributed by atoms with E-state index in [4.69, 9.17) is 9.88 Å². The second kappa shape index (κ2) is 6.45. The molecule has 0 bridgehead atoms. The lowest BCUT2D eigenvalue weighted by atomic mass is 10.1. The Hall–Kier alpha value is -0.130. The van der Waals surface area contributed by atoms with Gasteiger partial charge in [-0.3, -0.25) is 0 Å². The van der Waals surface area contributed by atoms with Crippen molar-refractivity contribution in [3.8, 4) is 0 Å². The lowest BCUT2D eigenvalue weighted by molar-refractivity contribution is 0.0990. The minimum Gasteiger partial charge on any atom is -0.381 e. The molecule has 1 saturated carbocycles. The van der Waals surface area contributed by atoms with Crippen molar-refractivity contribution in [2.75, 3.05) is 19.0 Å². The Balaban J connectivity index is 1.89. The molecule has 0 aromatic carbocycles. The minimum atomic E-state index is -3.28. The van der Waals surface area contributed by atoms with Crippen LogP contribution in [0.2, 0.25) is 0 Å². The molecule has 0 atom stereocenters. The largest absolute Gasteiger partial charge is 0.381 e. The molecule has 0 aliphatic heterocycles. The van der Waals surface area contributed by atoms with E-state index in [0.29, 0.717) is 13.0 Å². The molecule has 15 heavy (non-hydrogen) atoms. The lowest BCUT2D eigenvalue weighted by Gasteiger charge is -2.09. The fraction of sp³-hybridized carbons (Fsp3) is 1.00. The summed E-state index contributed by atoms with van der Waals surface area (Å²) in [5.74, 6) is 0.808. The Morgan fingerprint density at radius 3 is 2.47 bits per heavy atom. The molecule has 90 valence electrons. The summed E-state index contributed by atoms with van der Waals surface area (Å²) in [5.41, 5.74) is 0. The molecule has 0 amide bonds. The average Bonchev–Trinajstić information content (AvgIpc) is 2.61. The first-order valence-electron chi connectivity index (χ1n) is 5.66. The highest BCUT2D eigenvalue weighted by atomic mass is 32.2. The topological polar surface area (TPSA) is 69.4 Å². The normalized spacial score (nSPS) is 18.5. The molecule has 5 heteroatoms. The average molecular weight is 235 g/mol. The first-order valence-corrected chi connectivity index (χ1v) is 7.38. The standard InChI is InChI=1S/C10H21NO3S/c11-15(12,13)8-4-3-7-14-9-10-5-1-2-6-10/h10H,1-9H2,(H2,11,12,13). The molecule has 0 aromatic rings. The Labute approximate surface area is 92.2 Å². The number of hydrogen-bond donors (Lipinski definition) is 1. The van der Waals surface area contributed by atoms with Gasteiger partial charge in [-0.05, 0) is 31.6 Å². The van der Waals surface area contributed by atoms with Gasteiger partial charge >= 0.3 is 0 Å². The molecule has 4 nitrogen and oxygen atoms in total. The molecule has 0 spiro atoms. The number of sulfonamides is 1. The highest BCUT2D eigenvalue weighted by Gasteiger charge is 2.14. The smallest absolute Gasteiger partial charge is 0.209 e. The van der Waals surface area contributed by atoms with Gasteiger partial charge in [0.15, 0.2) is 0 Å². The molecular weight excluding hydrogens is 214 g/mol. The van der Waals surface area contributed by atoms with Gasteiger partial charge in [0.25, 0.3) is 0 Å². The molecule has 1 rings (SSSR count). The van der Waals surface area contributed by atoms with E-state index in [1.165, 1.54) is 25.7 Å². The van der Waals surface area contributed by atoms with Crippen LogP contribution in [0.15, 0.2) is 0 Å². The van der Waals surface area contributed by atoms with Crippen LogP contribution in [-0.4, -0.2) is 27.4 Å². The number of nitrogens with two attached hydrogens (primary N) is 1. The van der Waals surface area contributed by atoms with Crippen molar-refractivity contribution >= 4 is 10.0 Å². The summed E-state index contributed by atoms with van der Waals surface area (Å²) in [6.07, 6.45) is 6.62. The summed E-state index contributed by atoms with van der Waals surface area (Å²) in [5, 5.41) is 4.88. The number of primary sulfonamides is 1. The third-order valence-electron chi connectivity index (χ3n) is 2.80. The minimum absolute atomic E-state index is 0.0692. The maximum atomic E-state index is 10.6. The van der Waals surface area contributed by atoms with Gasteiger partial charge < -0.3 is 4.74 Å². The van der Waals surface area contributed by atoms with Gasteiger partial charge in [0.05, 0.1) is 5.75 Å².